The topological polar surface area (TPSA) is 134 Å². The van der Waals surface area contributed by atoms with Crippen LogP contribution in [0.25, 0.3) is 0 Å². The molecule has 0 spiro atoms. The van der Waals surface area contributed by atoms with Gasteiger partial charge in [-0.3, -0.25) is 18.6 Å². The largest absolute Gasteiger partial charge is 0.472 e. The van der Waals surface area contributed by atoms with E-state index in [4.69, 9.17) is 24.3 Å². The van der Waals surface area contributed by atoms with Gasteiger partial charge in [-0.25, -0.2) is 4.57 Å². The molecule has 0 saturated carbocycles. The maximum Gasteiger partial charge on any atom is 0.472 e. The first-order valence-electron chi connectivity index (χ1n) is 19.5. The van der Waals surface area contributed by atoms with Crippen LogP contribution >= 0.6 is 7.82 Å². The molecular formula is C39H72NO8P. The lowest BCUT2D eigenvalue weighted by molar-refractivity contribution is -0.161. The Labute approximate surface area is 299 Å². The summed E-state index contributed by atoms with van der Waals surface area (Å²) in [4.78, 5) is 34.7. The second-order valence-corrected chi connectivity index (χ2v) is 14.2. The van der Waals surface area contributed by atoms with E-state index in [1.807, 2.05) is 0 Å². The number of rotatable bonds is 36. The summed E-state index contributed by atoms with van der Waals surface area (Å²) in [6, 6.07) is 0. The molecule has 0 amide bonds. The minimum atomic E-state index is -4.38. The molecule has 10 heteroatoms. The Morgan fingerprint density at radius 1 is 0.612 bits per heavy atom. The van der Waals surface area contributed by atoms with E-state index < -0.39 is 32.5 Å². The van der Waals surface area contributed by atoms with E-state index >= 15 is 0 Å². The normalized spacial score (nSPS) is 13.8. The van der Waals surface area contributed by atoms with Gasteiger partial charge < -0.3 is 20.1 Å². The Balaban J connectivity index is 4.25. The van der Waals surface area contributed by atoms with Gasteiger partial charge in [-0.2, -0.15) is 0 Å². The second-order valence-electron chi connectivity index (χ2n) is 12.8. The monoisotopic (exact) mass is 713 g/mol. The summed E-state index contributed by atoms with van der Waals surface area (Å²) in [5, 5.41) is 0. The molecule has 286 valence electrons. The summed E-state index contributed by atoms with van der Waals surface area (Å²) >= 11 is 0. The SMILES string of the molecule is CCCC/C=C\C/C=C\CCCCCCCC(=O)OC[C@H](COP(=O)(O)OCCN)OC(=O)CCCCCCC/C=C\CCCCCCC. The van der Waals surface area contributed by atoms with Gasteiger partial charge in [-0.05, 0) is 64.2 Å². The molecule has 0 saturated heterocycles. The van der Waals surface area contributed by atoms with Crippen molar-refractivity contribution in [3.63, 3.8) is 0 Å². The number of phosphoric acid groups is 1. The third-order valence-corrected chi connectivity index (χ3v) is 8.98. The fourth-order valence-corrected chi connectivity index (χ4v) is 5.82. The van der Waals surface area contributed by atoms with Crippen LogP contribution in [0.5, 0.6) is 0 Å². The van der Waals surface area contributed by atoms with E-state index in [1.54, 1.807) is 0 Å². The Bertz CT molecular complexity index is 907. The highest BCUT2D eigenvalue weighted by atomic mass is 31.2. The number of ether oxygens (including phenoxy) is 2. The number of phosphoric ester groups is 1. The number of unbranched alkanes of at least 4 members (excludes halogenated alkanes) is 17. The van der Waals surface area contributed by atoms with Crippen LogP contribution in [0.15, 0.2) is 36.5 Å². The Kier molecular flexibility index (Phi) is 34.7. The lowest BCUT2D eigenvalue weighted by Gasteiger charge is -2.19. The summed E-state index contributed by atoms with van der Waals surface area (Å²) in [7, 11) is -4.38. The zero-order valence-corrected chi connectivity index (χ0v) is 32.1. The van der Waals surface area contributed by atoms with Crippen molar-refractivity contribution in [2.24, 2.45) is 5.73 Å². The van der Waals surface area contributed by atoms with Crippen molar-refractivity contribution in [2.75, 3.05) is 26.4 Å². The van der Waals surface area contributed by atoms with Crippen molar-refractivity contribution in [1.29, 1.82) is 0 Å². The number of hydrogen-bond donors (Lipinski definition) is 2. The average molecular weight is 714 g/mol. The standard InChI is InChI=1S/C39H72NO8P/c1-3-5-7-9-11-13-15-17-19-21-23-25-27-29-31-38(41)45-35-37(36-47-49(43,44)46-34-33-40)48-39(42)32-30-28-26-24-22-20-18-16-14-12-10-8-6-4-2/h9,11,15-18,37H,3-8,10,12-14,19-36,40H2,1-2H3,(H,43,44)/b11-9-,17-15-,18-16-/t37-/m1/s1. The number of esters is 2. The minimum Gasteiger partial charge on any atom is -0.462 e. The smallest absolute Gasteiger partial charge is 0.462 e. The Morgan fingerprint density at radius 3 is 1.63 bits per heavy atom. The number of carbonyl (C=O) groups is 2. The molecule has 0 aromatic carbocycles. The van der Waals surface area contributed by atoms with Crippen LogP contribution in [0.1, 0.15) is 168 Å². The molecule has 0 aliphatic rings. The van der Waals surface area contributed by atoms with Crippen molar-refractivity contribution in [3.05, 3.63) is 36.5 Å². The van der Waals surface area contributed by atoms with Gasteiger partial charge in [0.15, 0.2) is 6.10 Å². The molecule has 0 aliphatic heterocycles. The highest BCUT2D eigenvalue weighted by Gasteiger charge is 2.25. The van der Waals surface area contributed by atoms with Gasteiger partial charge in [-0.1, -0.05) is 127 Å². The van der Waals surface area contributed by atoms with E-state index in [-0.39, 0.29) is 32.6 Å². The van der Waals surface area contributed by atoms with Gasteiger partial charge in [0.2, 0.25) is 0 Å². The maximum absolute atomic E-state index is 12.5. The molecule has 49 heavy (non-hydrogen) atoms. The Morgan fingerprint density at radius 2 is 1.08 bits per heavy atom. The van der Waals surface area contributed by atoms with Crippen molar-refractivity contribution in [1.82, 2.24) is 0 Å². The summed E-state index contributed by atoms with van der Waals surface area (Å²) in [5.41, 5.74) is 5.33. The summed E-state index contributed by atoms with van der Waals surface area (Å²) in [5.74, 6) is -0.857. The lowest BCUT2D eigenvalue weighted by Crippen LogP contribution is -2.29. The van der Waals surface area contributed by atoms with Gasteiger partial charge in [0.25, 0.3) is 0 Å². The highest BCUT2D eigenvalue weighted by Crippen LogP contribution is 2.43. The Hall–Kier alpha value is -1.77. The van der Waals surface area contributed by atoms with Crippen LogP contribution in [0.2, 0.25) is 0 Å². The number of allylic oxidation sites excluding steroid dienone is 6. The third kappa shape index (κ3) is 35.8. The van der Waals surface area contributed by atoms with Crippen molar-refractivity contribution in [2.45, 2.75) is 174 Å². The van der Waals surface area contributed by atoms with Crippen molar-refractivity contribution >= 4 is 19.8 Å². The molecule has 0 aliphatic carbocycles. The number of carbonyl (C=O) groups excluding carboxylic acids is 2. The van der Waals surface area contributed by atoms with E-state index in [9.17, 15) is 19.0 Å². The van der Waals surface area contributed by atoms with Crippen LogP contribution in [0.4, 0.5) is 0 Å². The summed E-state index contributed by atoms with van der Waals surface area (Å²) < 4.78 is 32.6. The fraction of sp³-hybridized carbons (Fsp3) is 0.795. The molecule has 0 bridgehead atoms. The average Bonchev–Trinajstić information content (AvgIpc) is 3.08. The first-order valence-corrected chi connectivity index (χ1v) is 21.0. The zero-order valence-electron chi connectivity index (χ0n) is 31.2. The molecule has 0 fully saturated rings. The van der Waals surface area contributed by atoms with E-state index in [2.05, 4.69) is 50.3 Å². The van der Waals surface area contributed by atoms with E-state index in [0.29, 0.717) is 12.8 Å². The maximum atomic E-state index is 12.5. The lowest BCUT2D eigenvalue weighted by atomic mass is 10.1. The van der Waals surface area contributed by atoms with Crippen LogP contribution in [-0.2, 0) is 32.7 Å². The second kappa shape index (κ2) is 36.0. The quantitative estimate of drug-likeness (QED) is 0.0281. The predicted molar refractivity (Wildman–Crippen MR) is 201 cm³/mol. The third-order valence-electron chi connectivity index (χ3n) is 8.00. The number of hydrogen-bond acceptors (Lipinski definition) is 8. The molecule has 0 radical (unpaired) electrons. The van der Waals surface area contributed by atoms with Crippen LogP contribution in [-0.4, -0.2) is 49.3 Å². The fourth-order valence-electron chi connectivity index (χ4n) is 5.06. The highest BCUT2D eigenvalue weighted by molar-refractivity contribution is 7.47. The van der Waals surface area contributed by atoms with Crippen LogP contribution < -0.4 is 5.73 Å². The zero-order chi connectivity index (χ0) is 36.1. The van der Waals surface area contributed by atoms with Gasteiger partial charge in [0.1, 0.15) is 6.61 Å². The van der Waals surface area contributed by atoms with Crippen molar-refractivity contribution < 1.29 is 37.6 Å². The molecule has 0 aromatic heterocycles. The molecule has 0 rings (SSSR count). The van der Waals surface area contributed by atoms with Gasteiger partial charge >= 0.3 is 19.8 Å². The summed E-state index contributed by atoms with van der Waals surface area (Å²) in [6.45, 7) is 3.64. The molecule has 9 nitrogen and oxygen atoms in total. The molecule has 0 heterocycles. The van der Waals surface area contributed by atoms with Crippen molar-refractivity contribution in [3.8, 4) is 0 Å². The molecule has 3 N–H and O–H groups in total. The minimum absolute atomic E-state index is 0.0496. The van der Waals surface area contributed by atoms with Gasteiger partial charge in [0, 0.05) is 19.4 Å². The summed E-state index contributed by atoms with van der Waals surface area (Å²) in [6.07, 6.45) is 37.4. The van der Waals surface area contributed by atoms with E-state index in [1.165, 1.54) is 51.4 Å². The molecule has 2 atom stereocenters. The number of nitrogens with two attached hydrogens (primary N) is 1. The van der Waals surface area contributed by atoms with Gasteiger partial charge in [-0.15, -0.1) is 0 Å². The first-order chi connectivity index (χ1) is 23.8. The van der Waals surface area contributed by atoms with Gasteiger partial charge in [0.05, 0.1) is 13.2 Å². The van der Waals surface area contributed by atoms with Crippen LogP contribution in [0, 0.1) is 0 Å². The molecule has 0 aromatic rings. The molecule has 1 unspecified atom stereocenters. The first kappa shape index (κ1) is 47.2. The predicted octanol–water partition coefficient (Wildman–Crippen LogP) is 10.6. The van der Waals surface area contributed by atoms with Crippen LogP contribution in [0.3, 0.4) is 0 Å². The van der Waals surface area contributed by atoms with E-state index in [0.717, 1.165) is 77.0 Å². The molecular weight excluding hydrogens is 641 g/mol.